The fourth-order valence-corrected chi connectivity index (χ4v) is 2.93. The molecule has 3 rings (SSSR count). The normalized spacial score (nSPS) is 14.7. The number of rotatable bonds is 5. The molecule has 1 aliphatic heterocycles. The van der Waals surface area contributed by atoms with Gasteiger partial charge in [-0.05, 0) is 45.0 Å². The second-order valence-corrected chi connectivity index (χ2v) is 7.23. The Morgan fingerprint density at radius 3 is 2.03 bits per heavy atom. The molecule has 1 aromatic carbocycles. The number of aliphatic carboxylic acids is 2. The van der Waals surface area contributed by atoms with E-state index in [2.05, 4.69) is 34.0 Å². The predicted octanol–water partition coefficient (Wildman–Crippen LogP) is 3.87. The molecule has 1 saturated heterocycles. The van der Waals surface area contributed by atoms with Crippen LogP contribution in [-0.2, 0) is 20.7 Å². The van der Waals surface area contributed by atoms with Gasteiger partial charge in [0.2, 0.25) is 0 Å². The largest absolute Gasteiger partial charge is 0.490 e. The highest BCUT2D eigenvalue weighted by Crippen LogP contribution is 2.15. The van der Waals surface area contributed by atoms with E-state index in [-0.39, 0.29) is 0 Å². The number of para-hydroxylation sites is 2. The number of aromatic nitrogens is 2. The van der Waals surface area contributed by atoms with Gasteiger partial charge in [0.15, 0.2) is 0 Å². The smallest absolute Gasteiger partial charge is 0.475 e. The molecule has 34 heavy (non-hydrogen) atoms. The number of ether oxygens (including phenoxy) is 1. The number of carbonyl (C=O) groups is 2. The van der Waals surface area contributed by atoms with E-state index < -0.39 is 24.3 Å². The molecule has 2 aromatic rings. The molecule has 0 amide bonds. The Hall–Kier alpha value is -2.87. The molecule has 1 aromatic heterocycles. The molecule has 14 heteroatoms. The van der Waals surface area contributed by atoms with Crippen molar-refractivity contribution in [3.05, 3.63) is 30.1 Å². The van der Waals surface area contributed by atoms with E-state index in [9.17, 15) is 26.3 Å². The standard InChI is InChI=1S/C16H23N3O.2C2HF3O2/c1-19(13-8-11-20-12-9-13)10-4-7-16-17-14-5-2-3-6-15(14)18-16;2*3-2(4,5)1(6)7/h2-3,5-6,13H,4,7-12H2,1H3,(H,17,18);2*(H,6,7). The zero-order chi connectivity index (χ0) is 25.9. The molecule has 0 spiro atoms. The maximum Gasteiger partial charge on any atom is 0.490 e. The van der Waals surface area contributed by atoms with Crippen LogP contribution in [0.4, 0.5) is 26.3 Å². The van der Waals surface area contributed by atoms with Crippen molar-refractivity contribution < 1.29 is 50.9 Å². The van der Waals surface area contributed by atoms with E-state index in [1.165, 1.54) is 12.8 Å². The van der Waals surface area contributed by atoms with Gasteiger partial charge in [0.25, 0.3) is 0 Å². The van der Waals surface area contributed by atoms with Crippen LogP contribution in [0.3, 0.4) is 0 Å². The van der Waals surface area contributed by atoms with Gasteiger partial charge in [-0.15, -0.1) is 0 Å². The van der Waals surface area contributed by atoms with Crippen LogP contribution in [0.2, 0.25) is 0 Å². The number of imidazole rings is 1. The van der Waals surface area contributed by atoms with E-state index in [0.717, 1.165) is 49.5 Å². The van der Waals surface area contributed by atoms with Crippen LogP contribution in [0.25, 0.3) is 11.0 Å². The summed E-state index contributed by atoms with van der Waals surface area (Å²) in [7, 11) is 2.23. The lowest BCUT2D eigenvalue weighted by molar-refractivity contribution is -0.193. The van der Waals surface area contributed by atoms with Gasteiger partial charge in [-0.1, -0.05) is 12.1 Å². The van der Waals surface area contributed by atoms with Crippen LogP contribution in [0, 0.1) is 0 Å². The fourth-order valence-electron chi connectivity index (χ4n) is 2.93. The number of nitrogens with zero attached hydrogens (tertiary/aromatic N) is 2. The minimum atomic E-state index is -5.08. The molecule has 192 valence electrons. The van der Waals surface area contributed by atoms with E-state index in [1.807, 2.05) is 12.1 Å². The number of carboxylic acids is 2. The molecule has 1 aliphatic rings. The zero-order valence-electron chi connectivity index (χ0n) is 18.1. The molecule has 0 unspecified atom stereocenters. The summed E-state index contributed by atoms with van der Waals surface area (Å²) in [5, 5.41) is 14.2. The van der Waals surface area contributed by atoms with E-state index in [4.69, 9.17) is 24.5 Å². The zero-order valence-corrected chi connectivity index (χ0v) is 18.1. The topological polar surface area (TPSA) is 116 Å². The number of benzene rings is 1. The molecule has 0 radical (unpaired) electrons. The summed E-state index contributed by atoms with van der Waals surface area (Å²) in [4.78, 5) is 28.3. The lowest BCUT2D eigenvalue weighted by Gasteiger charge is -2.31. The molecular formula is C20H25F6N3O5. The number of nitrogens with one attached hydrogen (secondary N) is 1. The van der Waals surface area contributed by atoms with Crippen molar-refractivity contribution in [2.24, 2.45) is 0 Å². The molecule has 0 atom stereocenters. The van der Waals surface area contributed by atoms with Crippen molar-refractivity contribution in [1.29, 1.82) is 0 Å². The summed E-state index contributed by atoms with van der Waals surface area (Å²) < 4.78 is 68.9. The average molecular weight is 501 g/mol. The Morgan fingerprint density at radius 1 is 1.06 bits per heavy atom. The first-order chi connectivity index (χ1) is 15.7. The van der Waals surface area contributed by atoms with Gasteiger partial charge >= 0.3 is 24.3 Å². The van der Waals surface area contributed by atoms with Gasteiger partial charge < -0.3 is 24.8 Å². The lowest BCUT2D eigenvalue weighted by Crippen LogP contribution is -2.37. The van der Waals surface area contributed by atoms with Gasteiger partial charge in [0.1, 0.15) is 5.82 Å². The average Bonchev–Trinajstić information content (AvgIpc) is 3.16. The second-order valence-electron chi connectivity index (χ2n) is 7.23. The maximum absolute atomic E-state index is 10.6. The maximum atomic E-state index is 10.6. The Kier molecular flexibility index (Phi) is 11.3. The third-order valence-corrected chi connectivity index (χ3v) is 4.66. The molecule has 3 N–H and O–H groups in total. The summed E-state index contributed by atoms with van der Waals surface area (Å²) in [6, 6.07) is 8.91. The van der Waals surface area contributed by atoms with E-state index in [1.54, 1.807) is 0 Å². The third-order valence-electron chi connectivity index (χ3n) is 4.66. The Morgan fingerprint density at radius 2 is 1.56 bits per heavy atom. The molecular weight excluding hydrogens is 476 g/mol. The quantitative estimate of drug-likeness (QED) is 0.533. The number of carboxylic acid groups (broad SMARTS) is 2. The molecule has 0 saturated carbocycles. The monoisotopic (exact) mass is 501 g/mol. The van der Waals surface area contributed by atoms with Crippen LogP contribution in [-0.4, -0.2) is 82.2 Å². The number of hydrogen-bond acceptors (Lipinski definition) is 5. The number of fused-ring (bicyclic) bond motifs is 1. The number of alkyl halides is 6. The van der Waals surface area contributed by atoms with Gasteiger partial charge in [-0.25, -0.2) is 14.6 Å². The molecule has 0 bridgehead atoms. The summed E-state index contributed by atoms with van der Waals surface area (Å²) in [6.45, 7) is 2.96. The van der Waals surface area contributed by atoms with Crippen molar-refractivity contribution in [1.82, 2.24) is 14.9 Å². The molecule has 2 heterocycles. The van der Waals surface area contributed by atoms with Gasteiger partial charge in [-0.3, -0.25) is 0 Å². The highest BCUT2D eigenvalue weighted by Gasteiger charge is 2.38. The Labute approximate surface area is 190 Å². The predicted molar refractivity (Wildman–Crippen MR) is 108 cm³/mol. The van der Waals surface area contributed by atoms with E-state index in [0.29, 0.717) is 6.04 Å². The second kappa shape index (κ2) is 13.1. The van der Waals surface area contributed by atoms with Gasteiger partial charge in [0, 0.05) is 25.7 Å². The number of halogens is 6. The Bertz CT molecular complexity index is 853. The van der Waals surface area contributed by atoms with Crippen LogP contribution in [0.15, 0.2) is 24.3 Å². The van der Waals surface area contributed by atoms with Crippen molar-refractivity contribution in [2.75, 3.05) is 26.8 Å². The van der Waals surface area contributed by atoms with Crippen LogP contribution < -0.4 is 0 Å². The number of H-pyrrole nitrogens is 1. The van der Waals surface area contributed by atoms with Crippen LogP contribution in [0.5, 0.6) is 0 Å². The van der Waals surface area contributed by atoms with Gasteiger partial charge in [0.05, 0.1) is 11.0 Å². The molecule has 8 nitrogen and oxygen atoms in total. The van der Waals surface area contributed by atoms with Crippen molar-refractivity contribution in [2.45, 2.75) is 44.1 Å². The summed E-state index contributed by atoms with van der Waals surface area (Å²) in [6.07, 6.45) is -5.67. The number of hydrogen-bond donors (Lipinski definition) is 3. The summed E-state index contributed by atoms with van der Waals surface area (Å²) in [5.41, 5.74) is 2.21. The van der Waals surface area contributed by atoms with Crippen LogP contribution in [0.1, 0.15) is 25.1 Å². The summed E-state index contributed by atoms with van der Waals surface area (Å²) >= 11 is 0. The molecule has 1 fully saturated rings. The first-order valence-corrected chi connectivity index (χ1v) is 10.0. The van der Waals surface area contributed by atoms with Gasteiger partial charge in [-0.2, -0.15) is 26.3 Å². The third kappa shape index (κ3) is 10.8. The van der Waals surface area contributed by atoms with Crippen LogP contribution >= 0.6 is 0 Å². The fraction of sp³-hybridized carbons (Fsp3) is 0.550. The van der Waals surface area contributed by atoms with Crippen molar-refractivity contribution in [3.8, 4) is 0 Å². The highest BCUT2D eigenvalue weighted by atomic mass is 19.4. The van der Waals surface area contributed by atoms with Crippen molar-refractivity contribution in [3.63, 3.8) is 0 Å². The first kappa shape index (κ1) is 29.2. The minimum Gasteiger partial charge on any atom is -0.475 e. The van der Waals surface area contributed by atoms with E-state index >= 15 is 0 Å². The van der Waals surface area contributed by atoms with Crippen molar-refractivity contribution >= 4 is 23.0 Å². The first-order valence-electron chi connectivity index (χ1n) is 10.0. The lowest BCUT2D eigenvalue weighted by atomic mass is 10.1. The Balaban J connectivity index is 0.000000343. The molecule has 0 aliphatic carbocycles. The minimum absolute atomic E-state index is 0.694. The number of aryl methyl sites for hydroxylation is 1. The summed E-state index contributed by atoms with van der Waals surface area (Å²) in [5.74, 6) is -4.41. The number of aromatic amines is 1. The highest BCUT2D eigenvalue weighted by molar-refractivity contribution is 5.74. The SMILES string of the molecule is CN(CCCc1nc2ccccc2[nH]1)C1CCOCC1.O=C(O)C(F)(F)F.O=C(O)C(F)(F)F.